The van der Waals surface area contributed by atoms with Crippen molar-refractivity contribution in [2.75, 3.05) is 13.7 Å². The number of carbonyl (C=O) groups is 1. The third-order valence-electron chi connectivity index (χ3n) is 2.96. The van der Waals surface area contributed by atoms with Gasteiger partial charge in [0.05, 0.1) is 18.7 Å². The topological polar surface area (TPSA) is 98.6 Å². The average molecular weight is 346 g/mol. The summed E-state index contributed by atoms with van der Waals surface area (Å²) in [5.41, 5.74) is 8.05. The van der Waals surface area contributed by atoms with Crippen molar-refractivity contribution in [2.45, 2.75) is 18.7 Å². The van der Waals surface area contributed by atoms with Gasteiger partial charge in [0, 0.05) is 13.7 Å². The largest absolute Gasteiger partial charge is 0.490 e. The third-order valence-corrected chi connectivity index (χ3v) is 2.96. The van der Waals surface area contributed by atoms with Crippen molar-refractivity contribution in [3.63, 3.8) is 0 Å². The van der Waals surface area contributed by atoms with Gasteiger partial charge in [-0.15, -0.1) is 0 Å². The number of benzene rings is 1. The first kappa shape index (κ1) is 19.7. The Morgan fingerprint density at radius 3 is 2.50 bits per heavy atom. The zero-order valence-corrected chi connectivity index (χ0v) is 12.8. The number of oxazole rings is 1. The molecule has 1 aromatic carbocycles. The summed E-state index contributed by atoms with van der Waals surface area (Å²) in [5, 5.41) is 7.12. The molecule has 0 radical (unpaired) electrons. The van der Waals surface area contributed by atoms with E-state index >= 15 is 0 Å². The van der Waals surface area contributed by atoms with Gasteiger partial charge in [0.2, 0.25) is 5.89 Å². The van der Waals surface area contributed by atoms with Crippen LogP contribution in [0.25, 0.3) is 0 Å². The van der Waals surface area contributed by atoms with E-state index in [1.54, 1.807) is 19.6 Å². The van der Waals surface area contributed by atoms with E-state index in [9.17, 15) is 13.2 Å². The molecule has 9 heteroatoms. The molecule has 2 aromatic rings. The molecule has 24 heavy (non-hydrogen) atoms. The molecule has 0 aliphatic rings. The highest BCUT2D eigenvalue weighted by Gasteiger charge is 2.38. The molecule has 1 heterocycles. The lowest BCUT2D eigenvalue weighted by molar-refractivity contribution is -0.192. The molecule has 0 amide bonds. The van der Waals surface area contributed by atoms with Crippen LogP contribution in [0.1, 0.15) is 22.9 Å². The summed E-state index contributed by atoms with van der Waals surface area (Å²) in [7, 11) is 1.68. The number of nitrogens with two attached hydrogens (primary N) is 1. The lowest BCUT2D eigenvalue weighted by Crippen LogP contribution is -2.21. The first-order chi connectivity index (χ1) is 11.3. The molecule has 0 saturated heterocycles. The van der Waals surface area contributed by atoms with Gasteiger partial charge >= 0.3 is 12.1 Å². The van der Waals surface area contributed by atoms with Gasteiger partial charge in [0.1, 0.15) is 6.26 Å². The fraction of sp³-hybridized carbons (Fsp3) is 0.333. The molecule has 132 valence electrons. The molecule has 1 atom stereocenters. The van der Waals surface area contributed by atoms with Crippen LogP contribution < -0.4 is 5.73 Å². The Balaban J connectivity index is 0.000000351. The first-order valence-corrected chi connectivity index (χ1v) is 6.77. The van der Waals surface area contributed by atoms with Crippen LogP contribution in [-0.2, 0) is 16.1 Å². The number of halogens is 3. The summed E-state index contributed by atoms with van der Waals surface area (Å²) in [6, 6.07) is 8.04. The second-order valence-electron chi connectivity index (χ2n) is 4.59. The Morgan fingerprint density at radius 2 is 2.04 bits per heavy atom. The number of ether oxygens (including phenoxy) is 1. The van der Waals surface area contributed by atoms with E-state index in [-0.39, 0.29) is 5.92 Å². The Bertz CT molecular complexity index is 630. The Labute approximate surface area is 136 Å². The minimum Gasteiger partial charge on any atom is -0.475 e. The molecule has 2 rings (SSSR count). The standard InChI is InChI=1S/C13H16N2O2.C2HF3O2/c1-16-9-10-4-2-3-5-11(10)12(8-14)13-15-6-7-17-13;3-2(4,5)1(6)7/h2-7,12H,8-9,14H2,1H3;(H,6,7). The normalized spacial score (nSPS) is 12.2. The van der Waals surface area contributed by atoms with Crippen molar-refractivity contribution in [3.05, 3.63) is 53.7 Å². The SMILES string of the molecule is COCc1ccccc1C(CN)c1ncco1.O=C(O)C(F)(F)F. The number of aliphatic carboxylic acids is 1. The summed E-state index contributed by atoms with van der Waals surface area (Å²) in [5.74, 6) is -2.13. The van der Waals surface area contributed by atoms with Crippen molar-refractivity contribution in [1.82, 2.24) is 4.98 Å². The monoisotopic (exact) mass is 346 g/mol. The van der Waals surface area contributed by atoms with Gasteiger partial charge in [-0.1, -0.05) is 24.3 Å². The van der Waals surface area contributed by atoms with Crippen LogP contribution in [0.4, 0.5) is 13.2 Å². The van der Waals surface area contributed by atoms with Gasteiger partial charge in [-0.3, -0.25) is 0 Å². The molecule has 0 bridgehead atoms. The van der Waals surface area contributed by atoms with Crippen LogP contribution in [-0.4, -0.2) is 35.9 Å². The van der Waals surface area contributed by atoms with E-state index in [0.717, 1.165) is 11.1 Å². The number of carboxylic acid groups (broad SMARTS) is 1. The predicted octanol–water partition coefficient (Wildman–Crippen LogP) is 2.54. The zero-order valence-electron chi connectivity index (χ0n) is 12.8. The summed E-state index contributed by atoms with van der Waals surface area (Å²) in [6.45, 7) is 1.02. The second-order valence-corrected chi connectivity index (χ2v) is 4.59. The van der Waals surface area contributed by atoms with E-state index in [1.807, 2.05) is 24.3 Å². The minimum atomic E-state index is -5.08. The van der Waals surface area contributed by atoms with E-state index < -0.39 is 12.1 Å². The van der Waals surface area contributed by atoms with Gasteiger partial charge < -0.3 is 20.0 Å². The van der Waals surface area contributed by atoms with Gasteiger partial charge in [0.15, 0.2) is 0 Å². The molecule has 0 aliphatic heterocycles. The van der Waals surface area contributed by atoms with Gasteiger partial charge in [-0.2, -0.15) is 13.2 Å². The quantitative estimate of drug-likeness (QED) is 0.863. The molecular formula is C15H17F3N2O4. The molecule has 1 unspecified atom stereocenters. The molecule has 0 fully saturated rings. The maximum absolute atomic E-state index is 10.6. The van der Waals surface area contributed by atoms with Gasteiger partial charge in [-0.05, 0) is 11.1 Å². The van der Waals surface area contributed by atoms with Crippen LogP contribution in [0.2, 0.25) is 0 Å². The molecule has 0 saturated carbocycles. The van der Waals surface area contributed by atoms with Crippen LogP contribution in [0.3, 0.4) is 0 Å². The zero-order chi connectivity index (χ0) is 18.2. The average Bonchev–Trinajstić information content (AvgIpc) is 3.04. The number of hydrogen-bond acceptors (Lipinski definition) is 5. The van der Waals surface area contributed by atoms with Crippen molar-refractivity contribution in [3.8, 4) is 0 Å². The molecular weight excluding hydrogens is 329 g/mol. The number of methoxy groups -OCH3 is 1. The van der Waals surface area contributed by atoms with Crippen LogP contribution in [0, 0.1) is 0 Å². The van der Waals surface area contributed by atoms with Crippen molar-refractivity contribution in [1.29, 1.82) is 0 Å². The highest BCUT2D eigenvalue weighted by atomic mass is 19.4. The maximum atomic E-state index is 10.6. The highest BCUT2D eigenvalue weighted by molar-refractivity contribution is 5.73. The van der Waals surface area contributed by atoms with Gasteiger partial charge in [0.25, 0.3) is 0 Å². The van der Waals surface area contributed by atoms with Crippen LogP contribution in [0.15, 0.2) is 41.1 Å². The number of carboxylic acids is 1. The van der Waals surface area contributed by atoms with E-state index in [2.05, 4.69) is 4.98 Å². The van der Waals surface area contributed by atoms with Crippen LogP contribution in [0.5, 0.6) is 0 Å². The molecule has 3 N–H and O–H groups in total. The third kappa shape index (κ3) is 5.67. The Kier molecular flexibility index (Phi) is 7.40. The number of hydrogen-bond donors (Lipinski definition) is 2. The molecule has 0 spiro atoms. The van der Waals surface area contributed by atoms with Crippen LogP contribution >= 0.6 is 0 Å². The smallest absolute Gasteiger partial charge is 0.475 e. The summed E-state index contributed by atoms with van der Waals surface area (Å²) in [6.07, 6.45) is -1.88. The predicted molar refractivity (Wildman–Crippen MR) is 78.2 cm³/mol. The second kappa shape index (κ2) is 9.04. The van der Waals surface area contributed by atoms with E-state index in [1.165, 1.54) is 0 Å². The summed E-state index contributed by atoms with van der Waals surface area (Å²) < 4.78 is 42.3. The minimum absolute atomic E-state index is 0.0173. The lowest BCUT2D eigenvalue weighted by atomic mass is 9.94. The Morgan fingerprint density at radius 1 is 1.42 bits per heavy atom. The van der Waals surface area contributed by atoms with Crippen molar-refractivity contribution >= 4 is 5.97 Å². The fourth-order valence-corrected chi connectivity index (χ4v) is 1.93. The summed E-state index contributed by atoms with van der Waals surface area (Å²) in [4.78, 5) is 13.1. The summed E-state index contributed by atoms with van der Waals surface area (Å²) >= 11 is 0. The maximum Gasteiger partial charge on any atom is 0.490 e. The number of rotatable bonds is 5. The molecule has 6 nitrogen and oxygen atoms in total. The van der Waals surface area contributed by atoms with E-state index in [0.29, 0.717) is 19.0 Å². The van der Waals surface area contributed by atoms with Crippen molar-refractivity contribution < 1.29 is 32.2 Å². The number of alkyl halides is 3. The number of aromatic nitrogens is 1. The van der Waals surface area contributed by atoms with Crippen molar-refractivity contribution in [2.24, 2.45) is 5.73 Å². The molecule has 1 aromatic heterocycles. The van der Waals surface area contributed by atoms with E-state index in [4.69, 9.17) is 24.8 Å². The fourth-order valence-electron chi connectivity index (χ4n) is 1.93. The molecule has 0 aliphatic carbocycles. The Hall–Kier alpha value is -2.39. The first-order valence-electron chi connectivity index (χ1n) is 6.77. The highest BCUT2D eigenvalue weighted by Crippen LogP contribution is 2.25. The lowest BCUT2D eigenvalue weighted by Gasteiger charge is -2.15. The number of nitrogens with zero attached hydrogens (tertiary/aromatic N) is 1. The van der Waals surface area contributed by atoms with Gasteiger partial charge in [-0.25, -0.2) is 9.78 Å².